The minimum atomic E-state index is 0.452. The van der Waals surface area contributed by atoms with E-state index >= 15 is 0 Å². The van der Waals surface area contributed by atoms with Gasteiger partial charge in [0.05, 0.1) is 12.7 Å². The van der Waals surface area contributed by atoms with Crippen LogP contribution in [0.2, 0.25) is 0 Å². The summed E-state index contributed by atoms with van der Waals surface area (Å²) in [7, 11) is 2.05. The summed E-state index contributed by atoms with van der Waals surface area (Å²) in [5.41, 5.74) is 0.452. The van der Waals surface area contributed by atoms with Crippen molar-refractivity contribution in [3.05, 3.63) is 0 Å². The number of likely N-dealkylation sites (N-methyl/N-ethyl adjacent to an activating group) is 1. The predicted octanol–water partition coefficient (Wildman–Crippen LogP) is 3.85. The van der Waals surface area contributed by atoms with E-state index in [4.69, 9.17) is 4.74 Å². The summed E-state index contributed by atoms with van der Waals surface area (Å²) in [6.07, 6.45) is 5.47. The molecule has 0 aromatic heterocycles. The van der Waals surface area contributed by atoms with Gasteiger partial charge in [-0.2, -0.15) is 0 Å². The molecule has 1 aliphatic carbocycles. The van der Waals surface area contributed by atoms with Crippen molar-refractivity contribution in [2.75, 3.05) is 13.7 Å². The van der Waals surface area contributed by atoms with Crippen LogP contribution in [0.15, 0.2) is 0 Å². The topological polar surface area (TPSA) is 21.3 Å². The SMILES string of the molecule is CCC(C)C(COC1CC(C)CC(C)(C)C1)NC. The minimum Gasteiger partial charge on any atom is -0.377 e. The highest BCUT2D eigenvalue weighted by Gasteiger charge is 2.32. The molecular formula is C16H33NO. The second-order valence-electron chi connectivity index (χ2n) is 7.15. The molecule has 0 bridgehead atoms. The van der Waals surface area contributed by atoms with Gasteiger partial charge in [0.2, 0.25) is 0 Å². The molecule has 1 rings (SSSR count). The molecule has 0 spiro atoms. The lowest BCUT2D eigenvalue weighted by molar-refractivity contribution is -0.0347. The van der Waals surface area contributed by atoms with Crippen LogP contribution >= 0.6 is 0 Å². The lowest BCUT2D eigenvalue weighted by atomic mass is 9.71. The van der Waals surface area contributed by atoms with Gasteiger partial charge in [-0.05, 0) is 43.6 Å². The molecule has 4 unspecified atom stereocenters. The molecule has 0 heterocycles. The van der Waals surface area contributed by atoms with Crippen molar-refractivity contribution in [3.63, 3.8) is 0 Å². The van der Waals surface area contributed by atoms with Gasteiger partial charge in [-0.1, -0.05) is 41.0 Å². The van der Waals surface area contributed by atoms with Gasteiger partial charge in [0.25, 0.3) is 0 Å². The Morgan fingerprint density at radius 2 is 2.00 bits per heavy atom. The highest BCUT2D eigenvalue weighted by atomic mass is 16.5. The molecule has 2 heteroatoms. The molecule has 0 radical (unpaired) electrons. The van der Waals surface area contributed by atoms with Crippen molar-refractivity contribution < 1.29 is 4.74 Å². The first-order chi connectivity index (χ1) is 8.38. The van der Waals surface area contributed by atoms with Gasteiger partial charge in [0.15, 0.2) is 0 Å². The first kappa shape index (κ1) is 16.0. The van der Waals surface area contributed by atoms with E-state index in [1.54, 1.807) is 0 Å². The number of rotatable bonds is 6. The number of ether oxygens (including phenoxy) is 1. The average Bonchev–Trinajstić information content (AvgIpc) is 2.26. The molecular weight excluding hydrogens is 222 g/mol. The third kappa shape index (κ3) is 4.89. The van der Waals surface area contributed by atoms with Crippen LogP contribution in [-0.4, -0.2) is 25.8 Å². The Morgan fingerprint density at radius 1 is 1.33 bits per heavy atom. The van der Waals surface area contributed by atoms with Crippen molar-refractivity contribution in [1.82, 2.24) is 5.32 Å². The van der Waals surface area contributed by atoms with Gasteiger partial charge >= 0.3 is 0 Å². The summed E-state index contributed by atoms with van der Waals surface area (Å²) in [4.78, 5) is 0. The van der Waals surface area contributed by atoms with Crippen LogP contribution in [0.25, 0.3) is 0 Å². The molecule has 1 aliphatic rings. The Labute approximate surface area is 114 Å². The van der Waals surface area contributed by atoms with E-state index in [-0.39, 0.29) is 0 Å². The van der Waals surface area contributed by atoms with E-state index in [9.17, 15) is 0 Å². The van der Waals surface area contributed by atoms with Crippen molar-refractivity contribution in [2.45, 2.75) is 72.4 Å². The van der Waals surface area contributed by atoms with E-state index in [2.05, 4.69) is 39.9 Å². The summed E-state index contributed by atoms with van der Waals surface area (Å²) >= 11 is 0. The van der Waals surface area contributed by atoms with E-state index in [1.807, 2.05) is 7.05 Å². The Bertz CT molecular complexity index is 239. The summed E-state index contributed by atoms with van der Waals surface area (Å²) in [5, 5.41) is 3.40. The van der Waals surface area contributed by atoms with E-state index < -0.39 is 0 Å². The second-order valence-corrected chi connectivity index (χ2v) is 7.15. The molecule has 0 aliphatic heterocycles. The van der Waals surface area contributed by atoms with Gasteiger partial charge in [-0.25, -0.2) is 0 Å². The van der Waals surface area contributed by atoms with Crippen LogP contribution < -0.4 is 5.32 Å². The lowest BCUT2D eigenvalue weighted by Gasteiger charge is -2.39. The monoisotopic (exact) mass is 255 g/mol. The molecule has 0 aromatic rings. The molecule has 108 valence electrons. The first-order valence-electron chi connectivity index (χ1n) is 7.66. The van der Waals surface area contributed by atoms with Crippen molar-refractivity contribution in [1.29, 1.82) is 0 Å². The fourth-order valence-corrected chi connectivity index (χ4v) is 3.44. The van der Waals surface area contributed by atoms with Crippen molar-refractivity contribution >= 4 is 0 Å². The summed E-state index contributed by atoms with van der Waals surface area (Å²) in [5.74, 6) is 1.49. The number of hydrogen-bond acceptors (Lipinski definition) is 2. The molecule has 4 atom stereocenters. The zero-order valence-electron chi connectivity index (χ0n) is 13.3. The Morgan fingerprint density at radius 3 is 2.50 bits per heavy atom. The summed E-state index contributed by atoms with van der Waals surface area (Å²) in [6.45, 7) is 12.5. The van der Waals surface area contributed by atoms with E-state index in [0.717, 1.165) is 12.5 Å². The molecule has 1 fully saturated rings. The Balaban J connectivity index is 2.42. The van der Waals surface area contributed by atoms with E-state index in [0.29, 0.717) is 23.5 Å². The predicted molar refractivity (Wildman–Crippen MR) is 78.8 cm³/mol. The van der Waals surface area contributed by atoms with Gasteiger partial charge in [-0.3, -0.25) is 0 Å². The van der Waals surface area contributed by atoms with Crippen LogP contribution in [0.3, 0.4) is 0 Å². The number of hydrogen-bond donors (Lipinski definition) is 1. The normalized spacial score (nSPS) is 31.0. The molecule has 18 heavy (non-hydrogen) atoms. The Kier molecular flexibility index (Phi) is 6.13. The maximum Gasteiger partial charge on any atom is 0.0625 e. The van der Waals surface area contributed by atoms with Crippen LogP contribution in [0.1, 0.15) is 60.3 Å². The third-order valence-corrected chi connectivity index (χ3v) is 4.56. The molecule has 1 N–H and O–H groups in total. The molecule has 0 saturated heterocycles. The molecule has 0 aromatic carbocycles. The number of nitrogens with one attached hydrogen (secondary N) is 1. The smallest absolute Gasteiger partial charge is 0.0625 e. The fourth-order valence-electron chi connectivity index (χ4n) is 3.44. The summed E-state index contributed by atoms with van der Waals surface area (Å²) in [6, 6.07) is 0.496. The molecule has 0 amide bonds. The lowest BCUT2D eigenvalue weighted by Crippen LogP contribution is -2.40. The zero-order valence-corrected chi connectivity index (χ0v) is 13.3. The van der Waals surface area contributed by atoms with Crippen LogP contribution in [0, 0.1) is 17.3 Å². The van der Waals surface area contributed by atoms with Crippen LogP contribution in [-0.2, 0) is 4.74 Å². The fraction of sp³-hybridized carbons (Fsp3) is 1.00. The van der Waals surface area contributed by atoms with Crippen LogP contribution in [0.5, 0.6) is 0 Å². The molecule has 2 nitrogen and oxygen atoms in total. The van der Waals surface area contributed by atoms with E-state index in [1.165, 1.54) is 25.7 Å². The van der Waals surface area contributed by atoms with Gasteiger partial charge < -0.3 is 10.1 Å². The average molecular weight is 255 g/mol. The Hall–Kier alpha value is -0.0800. The highest BCUT2D eigenvalue weighted by molar-refractivity contribution is 4.84. The maximum absolute atomic E-state index is 6.20. The van der Waals surface area contributed by atoms with Crippen LogP contribution in [0.4, 0.5) is 0 Å². The minimum absolute atomic E-state index is 0.452. The van der Waals surface area contributed by atoms with Gasteiger partial charge in [0, 0.05) is 6.04 Å². The van der Waals surface area contributed by atoms with Gasteiger partial charge in [0.1, 0.15) is 0 Å². The van der Waals surface area contributed by atoms with Crippen molar-refractivity contribution in [3.8, 4) is 0 Å². The molecule has 1 saturated carbocycles. The second kappa shape index (κ2) is 6.91. The van der Waals surface area contributed by atoms with Gasteiger partial charge in [-0.15, -0.1) is 0 Å². The largest absolute Gasteiger partial charge is 0.377 e. The zero-order chi connectivity index (χ0) is 13.8. The van der Waals surface area contributed by atoms with Crippen molar-refractivity contribution in [2.24, 2.45) is 17.3 Å². The maximum atomic E-state index is 6.20. The third-order valence-electron chi connectivity index (χ3n) is 4.56. The highest BCUT2D eigenvalue weighted by Crippen LogP contribution is 2.39. The standard InChI is InChI=1S/C16H33NO/c1-7-13(3)15(17-6)11-18-14-8-12(2)9-16(4,5)10-14/h12-15,17H,7-11H2,1-6H3. The quantitative estimate of drug-likeness (QED) is 0.778. The first-order valence-corrected chi connectivity index (χ1v) is 7.66. The summed E-state index contributed by atoms with van der Waals surface area (Å²) < 4.78 is 6.20.